The second kappa shape index (κ2) is 7.54. The molecule has 0 bridgehead atoms. The second-order valence-corrected chi connectivity index (χ2v) is 6.73. The number of nitrogens with zero attached hydrogens (tertiary/aromatic N) is 3. The fourth-order valence-electron chi connectivity index (χ4n) is 3.26. The number of alkyl halides is 3. The molecule has 0 unspecified atom stereocenters. The summed E-state index contributed by atoms with van der Waals surface area (Å²) in [5.41, 5.74) is 2.29. The Kier molecular flexibility index (Phi) is 4.92. The zero-order valence-electron chi connectivity index (χ0n) is 15.3. The van der Waals surface area contributed by atoms with Crippen molar-refractivity contribution in [3.05, 3.63) is 83.3 Å². The van der Waals surface area contributed by atoms with Crippen molar-refractivity contribution < 1.29 is 18.0 Å². The van der Waals surface area contributed by atoms with Crippen LogP contribution in [0.1, 0.15) is 27.2 Å². The molecule has 1 amide bonds. The molecule has 2 aromatic carbocycles. The molecule has 5 nitrogen and oxygen atoms in total. The number of hydrogen-bond acceptors (Lipinski definition) is 4. The van der Waals surface area contributed by atoms with Crippen LogP contribution in [0.15, 0.2) is 60.9 Å². The molecule has 29 heavy (non-hydrogen) atoms. The third kappa shape index (κ3) is 4.21. The lowest BCUT2D eigenvalue weighted by atomic mass is 10.00. The van der Waals surface area contributed by atoms with Crippen LogP contribution in [0.25, 0.3) is 0 Å². The number of nitrogens with one attached hydrogen (secondary N) is 1. The number of halogens is 3. The molecule has 1 aliphatic heterocycles. The van der Waals surface area contributed by atoms with E-state index in [0.29, 0.717) is 24.6 Å². The predicted octanol–water partition coefficient (Wildman–Crippen LogP) is 4.44. The minimum atomic E-state index is -4.39. The van der Waals surface area contributed by atoms with Crippen molar-refractivity contribution in [1.29, 1.82) is 0 Å². The summed E-state index contributed by atoms with van der Waals surface area (Å²) in [7, 11) is 0. The maximum Gasteiger partial charge on any atom is 0.416 e. The Morgan fingerprint density at radius 2 is 1.72 bits per heavy atom. The van der Waals surface area contributed by atoms with E-state index >= 15 is 0 Å². The summed E-state index contributed by atoms with van der Waals surface area (Å²) in [4.78, 5) is 22.7. The molecule has 0 saturated heterocycles. The first-order valence-corrected chi connectivity index (χ1v) is 9.02. The van der Waals surface area contributed by atoms with E-state index in [0.717, 1.165) is 24.1 Å². The van der Waals surface area contributed by atoms with Gasteiger partial charge in [0.25, 0.3) is 5.91 Å². The van der Waals surface area contributed by atoms with Crippen molar-refractivity contribution in [2.75, 3.05) is 11.9 Å². The average Bonchev–Trinajstić information content (AvgIpc) is 2.73. The summed E-state index contributed by atoms with van der Waals surface area (Å²) in [6.45, 7) is 1.11. The zero-order chi connectivity index (χ0) is 20.4. The van der Waals surface area contributed by atoms with Gasteiger partial charge in [0.1, 0.15) is 17.8 Å². The summed E-state index contributed by atoms with van der Waals surface area (Å²) in [6.07, 6.45) is -2.35. The van der Waals surface area contributed by atoms with E-state index in [1.165, 1.54) is 30.1 Å². The number of rotatable bonds is 3. The van der Waals surface area contributed by atoms with E-state index in [2.05, 4.69) is 21.4 Å². The lowest BCUT2D eigenvalue weighted by molar-refractivity contribution is -0.137. The van der Waals surface area contributed by atoms with Gasteiger partial charge in [-0.25, -0.2) is 9.97 Å². The lowest BCUT2D eigenvalue weighted by Gasteiger charge is -2.28. The number of amides is 1. The van der Waals surface area contributed by atoms with E-state index in [1.54, 1.807) is 4.90 Å². The third-order valence-corrected chi connectivity index (χ3v) is 4.79. The minimum Gasteiger partial charge on any atom is -0.340 e. The van der Waals surface area contributed by atoms with E-state index < -0.39 is 11.7 Å². The maximum absolute atomic E-state index is 12.9. The molecule has 8 heteroatoms. The SMILES string of the molecule is O=C(c1cc(Nc2ccc(C(F)(F)F)cc2)ncn1)N1CCc2ccccc2C1. The number of carbonyl (C=O) groups excluding carboxylic acids is 1. The van der Waals surface area contributed by atoms with Crippen LogP contribution < -0.4 is 5.32 Å². The van der Waals surface area contributed by atoms with Crippen LogP contribution in [0, 0.1) is 0 Å². The third-order valence-electron chi connectivity index (χ3n) is 4.79. The average molecular weight is 398 g/mol. The van der Waals surface area contributed by atoms with Gasteiger partial charge in [-0.1, -0.05) is 24.3 Å². The van der Waals surface area contributed by atoms with Crippen molar-refractivity contribution in [2.24, 2.45) is 0 Å². The monoisotopic (exact) mass is 398 g/mol. The summed E-state index contributed by atoms with van der Waals surface area (Å²) in [6, 6.07) is 14.1. The largest absolute Gasteiger partial charge is 0.416 e. The Morgan fingerprint density at radius 3 is 2.45 bits per heavy atom. The Balaban J connectivity index is 1.48. The van der Waals surface area contributed by atoms with Crippen molar-refractivity contribution in [1.82, 2.24) is 14.9 Å². The van der Waals surface area contributed by atoms with Gasteiger partial charge in [0.2, 0.25) is 0 Å². The molecule has 1 aromatic heterocycles. The van der Waals surface area contributed by atoms with Crippen LogP contribution >= 0.6 is 0 Å². The van der Waals surface area contributed by atoms with Crippen molar-refractivity contribution >= 4 is 17.4 Å². The molecule has 0 fully saturated rings. The Hall–Kier alpha value is -3.42. The van der Waals surface area contributed by atoms with Gasteiger partial charge in [0.05, 0.1) is 5.56 Å². The fraction of sp³-hybridized carbons (Fsp3) is 0.190. The van der Waals surface area contributed by atoms with Gasteiger partial charge in [-0.2, -0.15) is 13.2 Å². The van der Waals surface area contributed by atoms with Crippen molar-refractivity contribution in [3.63, 3.8) is 0 Å². The van der Waals surface area contributed by atoms with Crippen LogP contribution in [-0.2, 0) is 19.1 Å². The summed E-state index contributed by atoms with van der Waals surface area (Å²) in [5, 5.41) is 2.91. The van der Waals surface area contributed by atoms with Gasteiger partial charge in [0.15, 0.2) is 0 Å². The Labute approximate surface area is 165 Å². The molecule has 148 valence electrons. The van der Waals surface area contributed by atoms with Crippen LogP contribution in [-0.4, -0.2) is 27.3 Å². The molecule has 0 saturated carbocycles. The predicted molar refractivity (Wildman–Crippen MR) is 102 cm³/mol. The highest BCUT2D eigenvalue weighted by Crippen LogP contribution is 2.30. The number of carbonyl (C=O) groups is 1. The molecule has 0 aliphatic carbocycles. The highest BCUT2D eigenvalue weighted by molar-refractivity contribution is 5.93. The van der Waals surface area contributed by atoms with E-state index in [4.69, 9.17) is 0 Å². The molecule has 3 aromatic rings. The second-order valence-electron chi connectivity index (χ2n) is 6.73. The molecule has 1 aliphatic rings. The van der Waals surface area contributed by atoms with Gasteiger partial charge in [-0.05, 0) is 41.8 Å². The van der Waals surface area contributed by atoms with Gasteiger partial charge in [-0.15, -0.1) is 0 Å². The first kappa shape index (κ1) is 18.9. The molecule has 0 atom stereocenters. The number of hydrogen-bond donors (Lipinski definition) is 1. The number of anilines is 2. The summed E-state index contributed by atoms with van der Waals surface area (Å²) >= 11 is 0. The zero-order valence-corrected chi connectivity index (χ0v) is 15.3. The summed E-state index contributed by atoms with van der Waals surface area (Å²) < 4.78 is 38.0. The standard InChI is InChI=1S/C21H17F3N4O/c22-21(23,24)16-5-7-17(8-6-16)27-19-11-18(25-13-26-19)20(29)28-10-9-14-3-1-2-4-15(14)12-28/h1-8,11,13H,9-10,12H2,(H,25,26,27). The minimum absolute atomic E-state index is 0.211. The normalized spacial score (nSPS) is 13.7. The molecule has 0 radical (unpaired) electrons. The lowest BCUT2D eigenvalue weighted by Crippen LogP contribution is -2.36. The quantitative estimate of drug-likeness (QED) is 0.709. The molecule has 0 spiro atoms. The Bertz CT molecular complexity index is 1030. The first-order valence-electron chi connectivity index (χ1n) is 9.02. The number of aromatic nitrogens is 2. The van der Waals surface area contributed by atoms with Crippen molar-refractivity contribution in [3.8, 4) is 0 Å². The van der Waals surface area contributed by atoms with Gasteiger partial charge < -0.3 is 10.2 Å². The van der Waals surface area contributed by atoms with Crippen LogP contribution in [0.5, 0.6) is 0 Å². The molecule has 2 heterocycles. The van der Waals surface area contributed by atoms with Gasteiger partial charge in [-0.3, -0.25) is 4.79 Å². The van der Waals surface area contributed by atoms with E-state index in [-0.39, 0.29) is 11.6 Å². The van der Waals surface area contributed by atoms with Gasteiger partial charge in [0, 0.05) is 24.8 Å². The Morgan fingerprint density at radius 1 is 1.00 bits per heavy atom. The first-order chi connectivity index (χ1) is 13.9. The van der Waals surface area contributed by atoms with Crippen molar-refractivity contribution in [2.45, 2.75) is 19.1 Å². The highest BCUT2D eigenvalue weighted by atomic mass is 19.4. The molecule has 4 rings (SSSR count). The van der Waals surface area contributed by atoms with E-state index in [1.807, 2.05) is 18.2 Å². The molecule has 1 N–H and O–H groups in total. The highest BCUT2D eigenvalue weighted by Gasteiger charge is 2.30. The maximum atomic E-state index is 12.9. The van der Waals surface area contributed by atoms with Gasteiger partial charge >= 0.3 is 6.18 Å². The van der Waals surface area contributed by atoms with Crippen LogP contribution in [0.3, 0.4) is 0 Å². The number of benzene rings is 2. The number of fused-ring (bicyclic) bond motifs is 1. The smallest absolute Gasteiger partial charge is 0.340 e. The van der Waals surface area contributed by atoms with Crippen LogP contribution in [0.2, 0.25) is 0 Å². The fourth-order valence-corrected chi connectivity index (χ4v) is 3.26. The molecular weight excluding hydrogens is 381 g/mol. The van der Waals surface area contributed by atoms with E-state index in [9.17, 15) is 18.0 Å². The van der Waals surface area contributed by atoms with Crippen LogP contribution in [0.4, 0.5) is 24.7 Å². The molecular formula is C21H17F3N4O. The summed E-state index contributed by atoms with van der Waals surface area (Å²) in [5.74, 6) is 0.123. The topological polar surface area (TPSA) is 58.1 Å².